The van der Waals surface area contributed by atoms with E-state index in [-0.39, 0.29) is 23.3 Å². The molecule has 0 saturated carbocycles. The van der Waals surface area contributed by atoms with Crippen LogP contribution in [-0.2, 0) is 11.2 Å². The predicted molar refractivity (Wildman–Crippen MR) is 107 cm³/mol. The highest BCUT2D eigenvalue weighted by Crippen LogP contribution is 2.30. The van der Waals surface area contributed by atoms with E-state index in [1.807, 2.05) is 13.8 Å². The van der Waals surface area contributed by atoms with Gasteiger partial charge in [0.15, 0.2) is 5.16 Å². The summed E-state index contributed by atoms with van der Waals surface area (Å²) in [5.74, 6) is 0.749. The van der Waals surface area contributed by atoms with Gasteiger partial charge in [-0.15, -0.1) is 11.3 Å². The number of hydrogen-bond acceptors (Lipinski definition) is 5. The van der Waals surface area contributed by atoms with Crippen molar-refractivity contribution in [2.24, 2.45) is 5.92 Å². The zero-order valence-electron chi connectivity index (χ0n) is 15.6. The van der Waals surface area contributed by atoms with Crippen molar-refractivity contribution in [1.29, 1.82) is 0 Å². The number of aromatic amines is 1. The molecule has 2 heterocycles. The molecule has 0 unspecified atom stereocenters. The topological polar surface area (TPSA) is 74.8 Å². The lowest BCUT2D eigenvalue weighted by molar-refractivity contribution is -0.119. The molecule has 0 aliphatic rings. The highest BCUT2D eigenvalue weighted by atomic mass is 32.2. The summed E-state index contributed by atoms with van der Waals surface area (Å²) < 4.78 is 0. The zero-order chi connectivity index (χ0) is 18.6. The Morgan fingerprint density at radius 3 is 2.68 bits per heavy atom. The number of hydrogen-bond donors (Lipinski definition) is 2. The van der Waals surface area contributed by atoms with Gasteiger partial charge >= 0.3 is 0 Å². The number of aryl methyl sites for hydroxylation is 1. The van der Waals surface area contributed by atoms with Crippen molar-refractivity contribution < 1.29 is 4.79 Å². The molecule has 0 aliphatic carbocycles. The Balaban J connectivity index is 2.19. The van der Waals surface area contributed by atoms with Gasteiger partial charge in [-0.1, -0.05) is 39.0 Å². The van der Waals surface area contributed by atoms with Gasteiger partial charge in [0, 0.05) is 10.9 Å². The van der Waals surface area contributed by atoms with Crippen LogP contribution in [0.2, 0.25) is 0 Å². The van der Waals surface area contributed by atoms with Crippen LogP contribution in [-0.4, -0.2) is 27.7 Å². The van der Waals surface area contributed by atoms with Gasteiger partial charge in [-0.3, -0.25) is 9.59 Å². The summed E-state index contributed by atoms with van der Waals surface area (Å²) in [4.78, 5) is 33.8. The molecule has 7 heteroatoms. The molecule has 2 aromatic heterocycles. The number of thioether (sulfide) groups is 1. The average molecular weight is 382 g/mol. The molecular formula is C18H27N3O2S2. The highest BCUT2D eigenvalue weighted by Gasteiger charge is 2.17. The van der Waals surface area contributed by atoms with Crippen LogP contribution in [0.15, 0.2) is 9.95 Å². The molecule has 0 spiro atoms. The van der Waals surface area contributed by atoms with Crippen molar-refractivity contribution in [1.82, 2.24) is 15.3 Å². The summed E-state index contributed by atoms with van der Waals surface area (Å²) in [6, 6.07) is 0.158. The van der Waals surface area contributed by atoms with Crippen LogP contribution in [0.3, 0.4) is 0 Å². The van der Waals surface area contributed by atoms with E-state index < -0.39 is 0 Å². The number of aromatic nitrogens is 2. The molecule has 0 aliphatic heterocycles. The number of fused-ring (bicyclic) bond motifs is 1. The summed E-state index contributed by atoms with van der Waals surface area (Å²) in [7, 11) is 0. The van der Waals surface area contributed by atoms with E-state index >= 15 is 0 Å². The first-order valence-corrected chi connectivity index (χ1v) is 10.6. The van der Waals surface area contributed by atoms with E-state index in [2.05, 4.69) is 36.1 Å². The molecular weight excluding hydrogens is 354 g/mol. The monoisotopic (exact) mass is 381 g/mol. The van der Waals surface area contributed by atoms with E-state index in [1.165, 1.54) is 11.8 Å². The second-order valence-electron chi connectivity index (χ2n) is 6.57. The van der Waals surface area contributed by atoms with Crippen molar-refractivity contribution in [3.05, 3.63) is 20.8 Å². The Kier molecular flexibility index (Phi) is 7.07. The van der Waals surface area contributed by atoms with E-state index in [0.29, 0.717) is 11.1 Å². The second-order valence-corrected chi connectivity index (χ2v) is 8.74. The summed E-state index contributed by atoms with van der Waals surface area (Å²) in [5, 5.41) is 4.14. The first kappa shape index (κ1) is 20.0. The summed E-state index contributed by atoms with van der Waals surface area (Å²) in [6.45, 7) is 10.4. The SMILES string of the molecule is CC[C@H](C)Cc1c(C)sc2nc(SCC(=O)N[C@H](C)CC)[nH]c(=O)c12. The quantitative estimate of drug-likeness (QED) is 0.537. The van der Waals surface area contributed by atoms with Crippen LogP contribution < -0.4 is 10.9 Å². The number of nitrogens with zero attached hydrogens (tertiary/aromatic N) is 1. The molecule has 5 nitrogen and oxygen atoms in total. The summed E-state index contributed by atoms with van der Waals surface area (Å²) >= 11 is 2.83. The Morgan fingerprint density at radius 1 is 1.32 bits per heavy atom. The van der Waals surface area contributed by atoms with Gasteiger partial charge in [-0.25, -0.2) is 4.98 Å². The molecule has 0 saturated heterocycles. The molecule has 25 heavy (non-hydrogen) atoms. The third-order valence-corrected chi connectivity index (χ3v) is 6.36. The Labute approximate surface area is 157 Å². The molecule has 2 N–H and O–H groups in total. The molecule has 2 aromatic rings. The lowest BCUT2D eigenvalue weighted by Gasteiger charge is -2.10. The zero-order valence-corrected chi connectivity index (χ0v) is 17.2. The largest absolute Gasteiger partial charge is 0.353 e. The van der Waals surface area contributed by atoms with Gasteiger partial charge < -0.3 is 10.3 Å². The lowest BCUT2D eigenvalue weighted by atomic mass is 9.98. The fourth-order valence-corrected chi connectivity index (χ4v) is 4.30. The summed E-state index contributed by atoms with van der Waals surface area (Å²) in [6.07, 6.45) is 2.88. The van der Waals surface area contributed by atoms with Crippen LogP contribution in [0.25, 0.3) is 10.2 Å². The van der Waals surface area contributed by atoms with Crippen molar-refractivity contribution in [2.45, 2.75) is 65.1 Å². The molecule has 2 rings (SSSR count). The van der Waals surface area contributed by atoms with Crippen LogP contribution in [0.1, 0.15) is 51.0 Å². The molecule has 0 fully saturated rings. The van der Waals surface area contributed by atoms with E-state index in [1.54, 1.807) is 11.3 Å². The fourth-order valence-electron chi connectivity index (χ4n) is 2.51. The normalized spacial score (nSPS) is 13.8. The number of thiophene rings is 1. The van der Waals surface area contributed by atoms with Crippen molar-refractivity contribution in [3.63, 3.8) is 0 Å². The van der Waals surface area contributed by atoms with Crippen molar-refractivity contribution >= 4 is 39.2 Å². The van der Waals surface area contributed by atoms with E-state index in [4.69, 9.17) is 0 Å². The van der Waals surface area contributed by atoms with Crippen LogP contribution in [0, 0.1) is 12.8 Å². The fraction of sp³-hybridized carbons (Fsp3) is 0.611. The maximum atomic E-state index is 12.6. The Bertz CT molecular complexity index is 797. The molecule has 2 atom stereocenters. The standard InChI is InChI=1S/C18H27N3O2S2/c1-6-10(3)8-13-12(5)25-17-15(13)16(23)20-18(21-17)24-9-14(22)19-11(4)7-2/h10-11H,6-9H2,1-5H3,(H,19,22)(H,20,21,23)/t10-,11+/m0/s1. The number of amides is 1. The molecule has 0 radical (unpaired) electrons. The van der Waals surface area contributed by atoms with E-state index in [9.17, 15) is 9.59 Å². The summed E-state index contributed by atoms with van der Waals surface area (Å²) in [5.41, 5.74) is 1.02. The Hall–Kier alpha value is -1.34. The first-order chi connectivity index (χ1) is 11.8. The molecule has 0 bridgehead atoms. The van der Waals surface area contributed by atoms with Gasteiger partial charge in [-0.2, -0.15) is 0 Å². The van der Waals surface area contributed by atoms with Gasteiger partial charge in [0.2, 0.25) is 5.91 Å². The first-order valence-electron chi connectivity index (χ1n) is 8.80. The smallest absolute Gasteiger partial charge is 0.260 e. The highest BCUT2D eigenvalue weighted by molar-refractivity contribution is 7.99. The maximum absolute atomic E-state index is 12.6. The van der Waals surface area contributed by atoms with Gasteiger partial charge in [0.25, 0.3) is 5.56 Å². The maximum Gasteiger partial charge on any atom is 0.260 e. The predicted octanol–water partition coefficient (Wildman–Crippen LogP) is 3.89. The third-order valence-electron chi connectivity index (χ3n) is 4.45. The Morgan fingerprint density at radius 2 is 2.04 bits per heavy atom. The minimum Gasteiger partial charge on any atom is -0.353 e. The third kappa shape index (κ3) is 5.07. The number of nitrogens with one attached hydrogen (secondary N) is 2. The number of H-pyrrole nitrogens is 1. The van der Waals surface area contributed by atoms with Gasteiger partial charge in [0.05, 0.1) is 11.1 Å². The van der Waals surface area contributed by atoms with Crippen molar-refractivity contribution in [2.75, 3.05) is 5.75 Å². The molecule has 1 amide bonds. The van der Waals surface area contributed by atoms with Crippen LogP contribution >= 0.6 is 23.1 Å². The second kappa shape index (κ2) is 8.85. The molecule has 0 aromatic carbocycles. The average Bonchev–Trinajstić information content (AvgIpc) is 2.88. The number of carbonyl (C=O) groups excluding carboxylic acids is 1. The van der Waals surface area contributed by atoms with E-state index in [0.717, 1.165) is 39.9 Å². The number of carbonyl (C=O) groups is 1. The van der Waals surface area contributed by atoms with Gasteiger partial charge in [0.1, 0.15) is 4.83 Å². The van der Waals surface area contributed by atoms with Crippen LogP contribution in [0.5, 0.6) is 0 Å². The number of rotatable bonds is 8. The molecule has 138 valence electrons. The van der Waals surface area contributed by atoms with Crippen molar-refractivity contribution in [3.8, 4) is 0 Å². The minimum absolute atomic E-state index is 0.0399. The van der Waals surface area contributed by atoms with Crippen LogP contribution in [0.4, 0.5) is 0 Å². The minimum atomic E-state index is -0.0995. The van der Waals surface area contributed by atoms with Gasteiger partial charge in [-0.05, 0) is 38.2 Å². The lowest BCUT2D eigenvalue weighted by Crippen LogP contribution is -2.33.